The van der Waals surface area contributed by atoms with Crippen molar-refractivity contribution in [3.63, 3.8) is 0 Å². The van der Waals surface area contributed by atoms with Gasteiger partial charge in [-0.3, -0.25) is 19.3 Å². The van der Waals surface area contributed by atoms with Gasteiger partial charge in [0, 0.05) is 29.5 Å². The number of nitrogens with zero attached hydrogens (tertiary/aromatic N) is 1. The number of carbonyl (C=O) groups is 3. The highest BCUT2D eigenvalue weighted by Crippen LogP contribution is 2.25. The third kappa shape index (κ3) is 8.10. The molecular weight excluding hydrogens is 290 g/mol. The van der Waals surface area contributed by atoms with Crippen LogP contribution in [-0.4, -0.2) is 28.0 Å². The van der Waals surface area contributed by atoms with Crippen molar-refractivity contribution >= 4 is 17.6 Å². The van der Waals surface area contributed by atoms with E-state index in [1.165, 1.54) is 17.1 Å². The molecule has 0 saturated carbocycles. The Morgan fingerprint density at radius 1 is 0.870 bits per heavy atom. The van der Waals surface area contributed by atoms with E-state index < -0.39 is 5.54 Å². The summed E-state index contributed by atoms with van der Waals surface area (Å²) < 4.78 is 0. The zero-order valence-corrected chi connectivity index (χ0v) is 16.2. The lowest BCUT2D eigenvalue weighted by Crippen LogP contribution is -2.45. The Morgan fingerprint density at radius 2 is 1.26 bits per heavy atom. The molecule has 0 radical (unpaired) electrons. The average molecular weight is 323 g/mol. The Balaban J connectivity index is 0.000000422. The topological polar surface area (TPSA) is 54.5 Å². The highest BCUT2D eigenvalue weighted by atomic mass is 16.2. The van der Waals surface area contributed by atoms with Gasteiger partial charge in [-0.1, -0.05) is 41.5 Å². The highest BCUT2D eigenvalue weighted by molar-refractivity contribution is 6.13. The second-order valence-electron chi connectivity index (χ2n) is 9.25. The molecule has 1 aliphatic rings. The maximum Gasteiger partial charge on any atom is 0.254 e. The van der Waals surface area contributed by atoms with Crippen LogP contribution < -0.4 is 0 Å². The SMILES string of the molecule is CC(C)(C)CCC(=O)C(C)(C)C.CC(C)(C)N1C(=O)C=CC1=O. The Bertz CT molecular complexity index is 464. The normalized spacial score (nSPS) is 15.6. The summed E-state index contributed by atoms with van der Waals surface area (Å²) in [5, 5.41) is 0. The van der Waals surface area contributed by atoms with Crippen LogP contribution in [0.15, 0.2) is 12.2 Å². The van der Waals surface area contributed by atoms with E-state index in [0.29, 0.717) is 12.2 Å². The van der Waals surface area contributed by atoms with E-state index in [0.717, 1.165) is 6.42 Å². The van der Waals surface area contributed by atoms with E-state index in [4.69, 9.17) is 0 Å². The third-order valence-corrected chi connectivity index (χ3v) is 3.42. The van der Waals surface area contributed by atoms with Crippen molar-refractivity contribution in [3.8, 4) is 0 Å². The third-order valence-electron chi connectivity index (χ3n) is 3.42. The van der Waals surface area contributed by atoms with Crippen LogP contribution in [0.1, 0.15) is 75.2 Å². The monoisotopic (exact) mass is 323 g/mol. The molecule has 4 nitrogen and oxygen atoms in total. The zero-order chi connectivity index (χ0) is 18.6. The molecule has 23 heavy (non-hydrogen) atoms. The van der Waals surface area contributed by atoms with Crippen molar-refractivity contribution in [2.75, 3.05) is 0 Å². The van der Waals surface area contributed by atoms with Crippen LogP contribution in [0.25, 0.3) is 0 Å². The van der Waals surface area contributed by atoms with E-state index >= 15 is 0 Å². The molecule has 1 rings (SSSR count). The lowest BCUT2D eigenvalue weighted by Gasteiger charge is -2.29. The standard InChI is InChI=1S/C11H22O.C8H11NO2/c1-10(2,3)8-7-9(12)11(4,5)6;1-8(2,3)9-6(10)4-5-7(9)11/h7-8H2,1-6H3;4-5H,1-3H3. The fourth-order valence-electron chi connectivity index (χ4n) is 1.92. The first-order valence-corrected chi connectivity index (χ1v) is 8.15. The van der Waals surface area contributed by atoms with Crippen LogP contribution in [0.3, 0.4) is 0 Å². The number of hydrogen-bond acceptors (Lipinski definition) is 3. The van der Waals surface area contributed by atoms with E-state index in [1.807, 2.05) is 41.5 Å². The van der Waals surface area contributed by atoms with Crippen molar-refractivity contribution in [2.24, 2.45) is 10.8 Å². The van der Waals surface area contributed by atoms with Crippen LogP contribution in [0.5, 0.6) is 0 Å². The van der Waals surface area contributed by atoms with E-state index in [-0.39, 0.29) is 22.6 Å². The maximum absolute atomic E-state index is 11.5. The smallest absolute Gasteiger partial charge is 0.254 e. The molecule has 0 atom stereocenters. The minimum Gasteiger partial charge on any atom is -0.299 e. The van der Waals surface area contributed by atoms with Crippen molar-refractivity contribution in [2.45, 2.75) is 80.7 Å². The number of rotatable bonds is 2. The molecule has 0 aliphatic carbocycles. The molecule has 2 amide bonds. The Kier molecular flexibility index (Phi) is 6.95. The van der Waals surface area contributed by atoms with Crippen LogP contribution in [0, 0.1) is 10.8 Å². The largest absolute Gasteiger partial charge is 0.299 e. The zero-order valence-electron chi connectivity index (χ0n) is 16.2. The minimum atomic E-state index is -0.405. The molecule has 0 aromatic rings. The summed E-state index contributed by atoms with van der Waals surface area (Å²) in [5.41, 5.74) is -0.288. The number of carbonyl (C=O) groups excluding carboxylic acids is 3. The summed E-state index contributed by atoms with van der Waals surface area (Å²) in [7, 11) is 0. The Morgan fingerprint density at radius 3 is 1.48 bits per heavy atom. The Hall–Kier alpha value is -1.45. The first-order valence-electron chi connectivity index (χ1n) is 8.15. The van der Waals surface area contributed by atoms with Crippen LogP contribution in [0.2, 0.25) is 0 Å². The van der Waals surface area contributed by atoms with Gasteiger partial charge in [-0.25, -0.2) is 0 Å². The van der Waals surface area contributed by atoms with E-state index in [1.54, 1.807) is 0 Å². The molecule has 0 saturated heterocycles. The molecule has 0 spiro atoms. The van der Waals surface area contributed by atoms with Crippen LogP contribution >= 0.6 is 0 Å². The Labute approximate surface area is 141 Å². The molecule has 0 aromatic carbocycles. The summed E-state index contributed by atoms with van der Waals surface area (Å²) in [5.74, 6) is -0.0672. The quantitative estimate of drug-likeness (QED) is 0.718. The number of imide groups is 1. The van der Waals surface area contributed by atoms with Gasteiger partial charge in [0.05, 0.1) is 0 Å². The van der Waals surface area contributed by atoms with Crippen molar-refractivity contribution in [1.82, 2.24) is 4.90 Å². The molecule has 0 fully saturated rings. The fourth-order valence-corrected chi connectivity index (χ4v) is 1.92. The average Bonchev–Trinajstić information content (AvgIpc) is 2.64. The van der Waals surface area contributed by atoms with E-state index in [2.05, 4.69) is 20.8 Å². The lowest BCUT2D eigenvalue weighted by atomic mass is 9.83. The fraction of sp³-hybridized carbons (Fsp3) is 0.737. The number of Topliss-reactive ketones (excluding diaryl/α,β-unsaturated/α-hetero) is 1. The van der Waals surface area contributed by atoms with Gasteiger partial charge in [0.2, 0.25) is 0 Å². The summed E-state index contributed by atoms with van der Waals surface area (Å²) in [6.07, 6.45) is 4.30. The van der Waals surface area contributed by atoms with Crippen molar-refractivity contribution in [3.05, 3.63) is 12.2 Å². The molecule has 0 aromatic heterocycles. The van der Waals surface area contributed by atoms with Crippen molar-refractivity contribution < 1.29 is 14.4 Å². The predicted octanol–water partition coefficient (Wildman–Crippen LogP) is 4.14. The van der Waals surface area contributed by atoms with Crippen molar-refractivity contribution in [1.29, 1.82) is 0 Å². The summed E-state index contributed by atoms with van der Waals surface area (Å²) in [6.45, 7) is 17.9. The minimum absolute atomic E-state index is 0.161. The summed E-state index contributed by atoms with van der Waals surface area (Å²) in [6, 6.07) is 0. The summed E-state index contributed by atoms with van der Waals surface area (Å²) in [4.78, 5) is 34.9. The van der Waals surface area contributed by atoms with Gasteiger partial charge < -0.3 is 0 Å². The molecular formula is C19H33NO3. The first-order chi connectivity index (χ1) is 10.1. The van der Waals surface area contributed by atoms with Gasteiger partial charge in [-0.15, -0.1) is 0 Å². The molecule has 1 aliphatic heterocycles. The molecule has 0 bridgehead atoms. The number of amides is 2. The van der Waals surface area contributed by atoms with Gasteiger partial charge in [-0.2, -0.15) is 0 Å². The predicted molar refractivity (Wildman–Crippen MR) is 93.9 cm³/mol. The van der Waals surface area contributed by atoms with Crippen LogP contribution in [0.4, 0.5) is 0 Å². The molecule has 132 valence electrons. The first kappa shape index (κ1) is 21.6. The van der Waals surface area contributed by atoms with Gasteiger partial charge in [0.1, 0.15) is 5.78 Å². The molecule has 0 unspecified atom stereocenters. The number of hydrogen-bond donors (Lipinski definition) is 0. The highest BCUT2D eigenvalue weighted by Gasteiger charge is 2.33. The number of ketones is 1. The molecule has 1 heterocycles. The maximum atomic E-state index is 11.5. The molecule has 0 N–H and O–H groups in total. The van der Waals surface area contributed by atoms with E-state index in [9.17, 15) is 14.4 Å². The second-order valence-corrected chi connectivity index (χ2v) is 9.25. The van der Waals surface area contributed by atoms with Gasteiger partial charge in [0.15, 0.2) is 0 Å². The molecule has 4 heteroatoms. The van der Waals surface area contributed by atoms with Gasteiger partial charge in [-0.05, 0) is 32.6 Å². The second kappa shape index (κ2) is 7.41. The van der Waals surface area contributed by atoms with Gasteiger partial charge >= 0.3 is 0 Å². The lowest BCUT2D eigenvalue weighted by molar-refractivity contribution is -0.142. The van der Waals surface area contributed by atoms with Gasteiger partial charge in [0.25, 0.3) is 11.8 Å². The van der Waals surface area contributed by atoms with Crippen LogP contribution in [-0.2, 0) is 14.4 Å². The summed E-state index contributed by atoms with van der Waals surface area (Å²) >= 11 is 0.